The Kier molecular flexibility index (Phi) is 5.04. The summed E-state index contributed by atoms with van der Waals surface area (Å²) in [5.74, 6) is 1.33. The number of amides is 1. The van der Waals surface area contributed by atoms with Gasteiger partial charge in [-0.3, -0.25) is 4.79 Å². The first-order valence-electron chi connectivity index (χ1n) is 8.36. The zero-order valence-corrected chi connectivity index (χ0v) is 14.1. The summed E-state index contributed by atoms with van der Waals surface area (Å²) in [6, 6.07) is 15.6. The maximum absolute atomic E-state index is 12.5. The van der Waals surface area contributed by atoms with E-state index in [9.17, 15) is 4.79 Å². The number of hydrogen-bond donors (Lipinski definition) is 1. The highest BCUT2D eigenvalue weighted by Gasteiger charge is 2.24. The number of carbonyl (C=O) groups excluding carboxylic acids is 1. The fraction of sp³-hybridized carbons (Fsp3) is 0.350. The summed E-state index contributed by atoms with van der Waals surface area (Å²) in [6.07, 6.45) is 2.60. The molecule has 0 bridgehead atoms. The molecule has 126 valence electrons. The maximum Gasteiger partial charge on any atom is 0.261 e. The normalized spacial score (nSPS) is 17.5. The van der Waals surface area contributed by atoms with E-state index in [1.165, 1.54) is 11.1 Å². The molecule has 1 amide bonds. The van der Waals surface area contributed by atoms with Crippen LogP contribution in [-0.4, -0.2) is 19.1 Å². The number of hydrogen-bond acceptors (Lipinski definition) is 3. The van der Waals surface area contributed by atoms with Crippen molar-refractivity contribution in [1.82, 2.24) is 5.32 Å². The SMILES string of the molecule is COc1ccc(OC(C)C(=O)NC2CCCc3ccccc32)cc1. The van der Waals surface area contributed by atoms with Gasteiger partial charge in [-0.25, -0.2) is 0 Å². The average Bonchev–Trinajstić information content (AvgIpc) is 2.62. The predicted molar refractivity (Wildman–Crippen MR) is 93.3 cm³/mol. The number of ether oxygens (including phenoxy) is 2. The van der Waals surface area contributed by atoms with E-state index >= 15 is 0 Å². The number of benzene rings is 2. The molecule has 2 aromatic carbocycles. The van der Waals surface area contributed by atoms with Crippen molar-refractivity contribution in [2.75, 3.05) is 7.11 Å². The summed E-state index contributed by atoms with van der Waals surface area (Å²) in [5.41, 5.74) is 2.56. The van der Waals surface area contributed by atoms with Crippen molar-refractivity contribution in [3.05, 3.63) is 59.7 Å². The van der Waals surface area contributed by atoms with Crippen molar-refractivity contribution in [2.45, 2.75) is 38.3 Å². The molecule has 2 aromatic rings. The standard InChI is InChI=1S/C20H23NO3/c1-14(24-17-12-10-16(23-2)11-13-17)20(22)21-19-9-5-7-15-6-3-4-8-18(15)19/h3-4,6,8,10-14,19H,5,7,9H2,1-2H3,(H,21,22). The van der Waals surface area contributed by atoms with E-state index in [1.807, 2.05) is 18.2 Å². The molecule has 24 heavy (non-hydrogen) atoms. The average molecular weight is 325 g/mol. The number of fused-ring (bicyclic) bond motifs is 1. The van der Waals surface area contributed by atoms with Crippen LogP contribution in [0.5, 0.6) is 11.5 Å². The van der Waals surface area contributed by atoms with Crippen LogP contribution < -0.4 is 14.8 Å². The molecule has 2 unspecified atom stereocenters. The molecule has 0 heterocycles. The third-order valence-electron chi connectivity index (χ3n) is 4.43. The smallest absolute Gasteiger partial charge is 0.261 e. The van der Waals surface area contributed by atoms with Gasteiger partial charge in [-0.05, 0) is 61.6 Å². The van der Waals surface area contributed by atoms with Crippen LogP contribution in [0.15, 0.2) is 48.5 Å². The van der Waals surface area contributed by atoms with Crippen LogP contribution in [0.1, 0.15) is 36.9 Å². The van der Waals surface area contributed by atoms with Gasteiger partial charge in [-0.1, -0.05) is 24.3 Å². The lowest BCUT2D eigenvalue weighted by atomic mass is 9.87. The Morgan fingerprint density at radius 3 is 2.58 bits per heavy atom. The van der Waals surface area contributed by atoms with Crippen LogP contribution in [0.25, 0.3) is 0 Å². The van der Waals surface area contributed by atoms with Crippen molar-refractivity contribution < 1.29 is 14.3 Å². The van der Waals surface area contributed by atoms with E-state index in [4.69, 9.17) is 9.47 Å². The van der Waals surface area contributed by atoms with Crippen LogP contribution in [-0.2, 0) is 11.2 Å². The summed E-state index contributed by atoms with van der Waals surface area (Å²) in [5, 5.41) is 3.13. The maximum atomic E-state index is 12.5. The molecule has 0 radical (unpaired) electrons. The predicted octanol–water partition coefficient (Wildman–Crippen LogP) is 3.66. The van der Waals surface area contributed by atoms with Crippen LogP contribution in [0.4, 0.5) is 0 Å². The second-order valence-electron chi connectivity index (χ2n) is 6.09. The molecular weight excluding hydrogens is 302 g/mol. The first kappa shape index (κ1) is 16.4. The zero-order valence-electron chi connectivity index (χ0n) is 14.1. The summed E-state index contributed by atoms with van der Waals surface area (Å²) in [7, 11) is 1.62. The summed E-state index contributed by atoms with van der Waals surface area (Å²) < 4.78 is 10.9. The van der Waals surface area contributed by atoms with E-state index < -0.39 is 6.10 Å². The Hall–Kier alpha value is -2.49. The highest BCUT2D eigenvalue weighted by molar-refractivity contribution is 5.81. The fourth-order valence-electron chi connectivity index (χ4n) is 3.10. The highest BCUT2D eigenvalue weighted by Crippen LogP contribution is 2.29. The number of aryl methyl sites for hydroxylation is 1. The van der Waals surface area contributed by atoms with Crippen LogP contribution >= 0.6 is 0 Å². The lowest BCUT2D eigenvalue weighted by Gasteiger charge is -2.27. The Labute approximate surface area is 142 Å². The topological polar surface area (TPSA) is 47.6 Å². The molecule has 1 N–H and O–H groups in total. The Morgan fingerprint density at radius 2 is 1.83 bits per heavy atom. The van der Waals surface area contributed by atoms with Gasteiger partial charge >= 0.3 is 0 Å². The van der Waals surface area contributed by atoms with E-state index in [2.05, 4.69) is 23.5 Å². The van der Waals surface area contributed by atoms with Crippen molar-refractivity contribution in [2.24, 2.45) is 0 Å². The second-order valence-corrected chi connectivity index (χ2v) is 6.09. The fourth-order valence-corrected chi connectivity index (χ4v) is 3.10. The largest absolute Gasteiger partial charge is 0.497 e. The number of carbonyl (C=O) groups is 1. The quantitative estimate of drug-likeness (QED) is 0.913. The van der Waals surface area contributed by atoms with Gasteiger partial charge in [0.05, 0.1) is 13.2 Å². The highest BCUT2D eigenvalue weighted by atomic mass is 16.5. The van der Waals surface area contributed by atoms with E-state index in [-0.39, 0.29) is 11.9 Å². The van der Waals surface area contributed by atoms with Crippen molar-refractivity contribution >= 4 is 5.91 Å². The zero-order chi connectivity index (χ0) is 16.9. The summed E-state index contributed by atoms with van der Waals surface area (Å²) >= 11 is 0. The molecule has 0 saturated carbocycles. The minimum Gasteiger partial charge on any atom is -0.497 e. The molecule has 4 nitrogen and oxygen atoms in total. The molecule has 0 fully saturated rings. The lowest BCUT2D eigenvalue weighted by molar-refractivity contribution is -0.128. The first-order chi connectivity index (χ1) is 11.7. The third-order valence-corrected chi connectivity index (χ3v) is 4.43. The summed E-state index contributed by atoms with van der Waals surface area (Å²) in [6.45, 7) is 1.77. The Balaban J connectivity index is 1.62. The lowest BCUT2D eigenvalue weighted by Crippen LogP contribution is -2.39. The van der Waals surface area contributed by atoms with Gasteiger partial charge < -0.3 is 14.8 Å². The minimum absolute atomic E-state index is 0.0735. The Bertz CT molecular complexity index is 696. The van der Waals surface area contributed by atoms with Gasteiger partial charge in [0, 0.05) is 0 Å². The number of nitrogens with one attached hydrogen (secondary N) is 1. The molecule has 3 rings (SSSR count). The van der Waals surface area contributed by atoms with E-state index in [1.54, 1.807) is 26.2 Å². The molecule has 0 saturated heterocycles. The van der Waals surface area contributed by atoms with E-state index in [0.717, 1.165) is 25.0 Å². The van der Waals surface area contributed by atoms with Crippen LogP contribution in [0.2, 0.25) is 0 Å². The minimum atomic E-state index is -0.549. The van der Waals surface area contributed by atoms with E-state index in [0.29, 0.717) is 5.75 Å². The van der Waals surface area contributed by atoms with Crippen molar-refractivity contribution in [1.29, 1.82) is 0 Å². The van der Waals surface area contributed by atoms with Crippen molar-refractivity contribution in [3.63, 3.8) is 0 Å². The molecule has 0 aromatic heterocycles. The van der Waals surface area contributed by atoms with Gasteiger partial charge in [-0.2, -0.15) is 0 Å². The molecule has 1 aliphatic rings. The molecule has 0 spiro atoms. The molecule has 0 aliphatic heterocycles. The monoisotopic (exact) mass is 325 g/mol. The van der Waals surface area contributed by atoms with Crippen LogP contribution in [0.3, 0.4) is 0 Å². The molecule has 1 aliphatic carbocycles. The third kappa shape index (κ3) is 3.70. The second kappa shape index (κ2) is 7.39. The Morgan fingerprint density at radius 1 is 1.12 bits per heavy atom. The summed E-state index contributed by atoms with van der Waals surface area (Å²) in [4.78, 5) is 12.5. The molecular formula is C20H23NO3. The van der Waals surface area contributed by atoms with Gasteiger partial charge in [0.1, 0.15) is 11.5 Å². The van der Waals surface area contributed by atoms with Crippen molar-refractivity contribution in [3.8, 4) is 11.5 Å². The first-order valence-corrected chi connectivity index (χ1v) is 8.36. The number of rotatable bonds is 5. The van der Waals surface area contributed by atoms with Gasteiger partial charge in [0.2, 0.25) is 0 Å². The van der Waals surface area contributed by atoms with Gasteiger partial charge in [0.15, 0.2) is 6.10 Å². The molecule has 2 atom stereocenters. The van der Waals surface area contributed by atoms with Gasteiger partial charge in [-0.15, -0.1) is 0 Å². The van der Waals surface area contributed by atoms with Crippen LogP contribution in [0, 0.1) is 0 Å². The molecule has 4 heteroatoms. The van der Waals surface area contributed by atoms with Gasteiger partial charge in [0.25, 0.3) is 5.91 Å². The number of methoxy groups -OCH3 is 1.